The van der Waals surface area contributed by atoms with Gasteiger partial charge in [0, 0.05) is 31.9 Å². The summed E-state index contributed by atoms with van der Waals surface area (Å²) < 4.78 is 0. The fraction of sp³-hybridized carbons (Fsp3) is 0.615. The molecular formula is C13H22N4. The highest BCUT2D eigenvalue weighted by molar-refractivity contribution is 5.40. The number of nitrogens with zero attached hydrogens (tertiary/aromatic N) is 3. The van der Waals surface area contributed by atoms with Crippen molar-refractivity contribution in [1.29, 1.82) is 0 Å². The summed E-state index contributed by atoms with van der Waals surface area (Å²) in [6.07, 6.45) is 3.20. The molecule has 1 N–H and O–H groups in total. The van der Waals surface area contributed by atoms with Gasteiger partial charge in [-0.2, -0.15) is 0 Å². The van der Waals surface area contributed by atoms with E-state index in [1.54, 1.807) is 0 Å². The number of likely N-dealkylation sites (N-methyl/N-ethyl adjacent to an activating group) is 1. The number of rotatable bonds is 4. The maximum absolute atomic E-state index is 4.54. The van der Waals surface area contributed by atoms with Crippen LogP contribution in [0.4, 0.5) is 5.82 Å². The zero-order valence-electron chi connectivity index (χ0n) is 11.0. The van der Waals surface area contributed by atoms with Gasteiger partial charge in [0.15, 0.2) is 0 Å². The normalized spacial score (nSPS) is 20.2. The molecule has 0 radical (unpaired) electrons. The monoisotopic (exact) mass is 234 g/mol. The van der Waals surface area contributed by atoms with Crippen molar-refractivity contribution in [3.8, 4) is 0 Å². The maximum atomic E-state index is 4.54. The van der Waals surface area contributed by atoms with Gasteiger partial charge >= 0.3 is 0 Å². The highest BCUT2D eigenvalue weighted by Crippen LogP contribution is 2.20. The van der Waals surface area contributed by atoms with Gasteiger partial charge in [-0.15, -0.1) is 0 Å². The van der Waals surface area contributed by atoms with Gasteiger partial charge in [-0.05, 0) is 39.2 Å². The van der Waals surface area contributed by atoms with Gasteiger partial charge in [-0.3, -0.25) is 0 Å². The average molecular weight is 234 g/mol. The minimum Gasteiger partial charge on any atom is -0.355 e. The summed E-state index contributed by atoms with van der Waals surface area (Å²) in [6, 6.07) is 4.95. The van der Waals surface area contributed by atoms with Crippen LogP contribution in [0.3, 0.4) is 0 Å². The second-order valence-corrected chi connectivity index (χ2v) is 4.91. The maximum Gasteiger partial charge on any atom is 0.128 e. The summed E-state index contributed by atoms with van der Waals surface area (Å²) in [5, 5.41) is 3.13. The van der Waals surface area contributed by atoms with Crippen LogP contribution in [0.5, 0.6) is 0 Å². The summed E-state index contributed by atoms with van der Waals surface area (Å²) in [6.45, 7) is 3.08. The van der Waals surface area contributed by atoms with Crippen molar-refractivity contribution < 1.29 is 0 Å². The number of nitrogens with one attached hydrogen (secondary N) is 1. The summed E-state index contributed by atoms with van der Waals surface area (Å²) in [7, 11) is 6.26. The van der Waals surface area contributed by atoms with Gasteiger partial charge in [0.05, 0.1) is 0 Å². The average Bonchev–Trinajstić information content (AvgIpc) is 2.80. The molecule has 2 rings (SSSR count). The van der Waals surface area contributed by atoms with Crippen LogP contribution in [-0.2, 0) is 6.54 Å². The predicted octanol–water partition coefficient (Wildman–Crippen LogP) is 0.941. The molecule has 2 heterocycles. The van der Waals surface area contributed by atoms with Crippen molar-refractivity contribution in [3.05, 3.63) is 23.9 Å². The molecule has 1 aromatic heterocycles. The molecule has 0 aliphatic carbocycles. The van der Waals surface area contributed by atoms with Gasteiger partial charge < -0.3 is 15.1 Å². The van der Waals surface area contributed by atoms with Crippen LogP contribution >= 0.6 is 0 Å². The van der Waals surface area contributed by atoms with Gasteiger partial charge in [-0.1, -0.05) is 6.07 Å². The van der Waals surface area contributed by atoms with E-state index in [0.717, 1.165) is 25.5 Å². The van der Waals surface area contributed by atoms with Gasteiger partial charge in [0.2, 0.25) is 0 Å². The number of aromatic nitrogens is 1. The van der Waals surface area contributed by atoms with Crippen LogP contribution in [0.2, 0.25) is 0 Å². The third-order valence-corrected chi connectivity index (χ3v) is 3.41. The molecule has 4 nitrogen and oxygen atoms in total. The summed E-state index contributed by atoms with van der Waals surface area (Å²) in [5.74, 6) is 1.11. The van der Waals surface area contributed by atoms with E-state index in [9.17, 15) is 0 Å². The molecule has 1 atom stereocenters. The second kappa shape index (κ2) is 5.47. The Labute approximate surface area is 104 Å². The van der Waals surface area contributed by atoms with Crippen molar-refractivity contribution in [2.24, 2.45) is 0 Å². The van der Waals surface area contributed by atoms with E-state index in [1.165, 1.54) is 12.0 Å². The molecule has 0 bridgehead atoms. The first-order valence-corrected chi connectivity index (χ1v) is 6.21. The Morgan fingerprint density at radius 1 is 1.47 bits per heavy atom. The first-order valence-electron chi connectivity index (χ1n) is 6.21. The Hall–Kier alpha value is -1.13. The quantitative estimate of drug-likeness (QED) is 0.840. The molecule has 0 amide bonds. The molecular weight excluding hydrogens is 212 g/mol. The van der Waals surface area contributed by atoms with Crippen molar-refractivity contribution >= 4 is 5.82 Å². The van der Waals surface area contributed by atoms with Crippen molar-refractivity contribution in [2.75, 3.05) is 39.1 Å². The first-order chi connectivity index (χ1) is 8.20. The lowest BCUT2D eigenvalue weighted by molar-refractivity contribution is 0.315. The van der Waals surface area contributed by atoms with Crippen LogP contribution in [-0.4, -0.2) is 50.2 Å². The smallest absolute Gasteiger partial charge is 0.128 e. The van der Waals surface area contributed by atoms with Crippen LogP contribution in [0, 0.1) is 0 Å². The van der Waals surface area contributed by atoms with E-state index in [4.69, 9.17) is 0 Å². The van der Waals surface area contributed by atoms with Gasteiger partial charge in [-0.25, -0.2) is 4.98 Å². The Bertz CT molecular complexity index is 347. The van der Waals surface area contributed by atoms with E-state index in [2.05, 4.69) is 46.3 Å². The highest BCUT2D eigenvalue weighted by atomic mass is 15.3. The van der Waals surface area contributed by atoms with Crippen molar-refractivity contribution in [3.63, 3.8) is 0 Å². The molecule has 1 fully saturated rings. The molecule has 1 aromatic rings. The number of hydrogen-bond acceptors (Lipinski definition) is 4. The lowest BCUT2D eigenvalue weighted by atomic mass is 10.2. The number of pyridine rings is 1. The molecule has 1 aliphatic heterocycles. The van der Waals surface area contributed by atoms with Crippen molar-refractivity contribution in [1.82, 2.24) is 15.2 Å². The SMILES string of the molecule is CNCc1ccc(N2CCC(N(C)C)C2)nc1. The van der Waals surface area contributed by atoms with Gasteiger partial charge in [0.1, 0.15) is 5.82 Å². The van der Waals surface area contributed by atoms with E-state index in [-0.39, 0.29) is 0 Å². The van der Waals surface area contributed by atoms with E-state index < -0.39 is 0 Å². The largest absolute Gasteiger partial charge is 0.355 e. The Kier molecular flexibility index (Phi) is 3.97. The Morgan fingerprint density at radius 3 is 2.82 bits per heavy atom. The molecule has 0 spiro atoms. The predicted molar refractivity (Wildman–Crippen MR) is 71.3 cm³/mol. The molecule has 1 aliphatic rings. The molecule has 0 aromatic carbocycles. The second-order valence-electron chi connectivity index (χ2n) is 4.91. The van der Waals surface area contributed by atoms with E-state index in [1.807, 2.05) is 13.2 Å². The lowest BCUT2D eigenvalue weighted by Crippen LogP contribution is -2.31. The standard InChI is InChI=1S/C13H22N4/c1-14-8-11-4-5-13(15-9-11)17-7-6-12(10-17)16(2)3/h4-5,9,12,14H,6-8,10H2,1-3H3. The molecule has 0 saturated carbocycles. The molecule has 17 heavy (non-hydrogen) atoms. The minimum atomic E-state index is 0.661. The van der Waals surface area contributed by atoms with Crippen LogP contribution < -0.4 is 10.2 Å². The fourth-order valence-corrected chi connectivity index (χ4v) is 2.28. The zero-order valence-corrected chi connectivity index (χ0v) is 11.0. The number of anilines is 1. The lowest BCUT2D eigenvalue weighted by Gasteiger charge is -2.21. The third-order valence-electron chi connectivity index (χ3n) is 3.41. The van der Waals surface area contributed by atoms with Crippen molar-refractivity contribution in [2.45, 2.75) is 19.0 Å². The summed E-state index contributed by atoms with van der Waals surface area (Å²) in [5.41, 5.74) is 1.24. The first kappa shape index (κ1) is 12.3. The van der Waals surface area contributed by atoms with E-state index in [0.29, 0.717) is 6.04 Å². The van der Waals surface area contributed by atoms with Crippen LogP contribution in [0.15, 0.2) is 18.3 Å². The van der Waals surface area contributed by atoms with Gasteiger partial charge in [0.25, 0.3) is 0 Å². The topological polar surface area (TPSA) is 31.4 Å². The Morgan fingerprint density at radius 2 is 2.29 bits per heavy atom. The fourth-order valence-electron chi connectivity index (χ4n) is 2.28. The molecule has 1 unspecified atom stereocenters. The van der Waals surface area contributed by atoms with Crippen LogP contribution in [0.25, 0.3) is 0 Å². The molecule has 1 saturated heterocycles. The van der Waals surface area contributed by atoms with Crippen LogP contribution in [0.1, 0.15) is 12.0 Å². The molecule has 4 heteroatoms. The van der Waals surface area contributed by atoms with E-state index >= 15 is 0 Å². The highest BCUT2D eigenvalue weighted by Gasteiger charge is 2.24. The third kappa shape index (κ3) is 2.96. The zero-order chi connectivity index (χ0) is 12.3. The Balaban J connectivity index is 1.99. The molecule has 94 valence electrons. The number of hydrogen-bond donors (Lipinski definition) is 1. The minimum absolute atomic E-state index is 0.661. The summed E-state index contributed by atoms with van der Waals surface area (Å²) >= 11 is 0. The summed E-state index contributed by atoms with van der Waals surface area (Å²) in [4.78, 5) is 9.21.